The molecule has 6 nitrogen and oxygen atoms in total. The van der Waals surface area contributed by atoms with Gasteiger partial charge in [0.15, 0.2) is 0 Å². The van der Waals surface area contributed by atoms with Gasteiger partial charge in [0.2, 0.25) is 0 Å². The fourth-order valence-electron chi connectivity index (χ4n) is 3.18. The number of aromatic nitrogens is 1. The van der Waals surface area contributed by atoms with Crippen molar-refractivity contribution in [1.82, 2.24) is 4.98 Å². The van der Waals surface area contributed by atoms with E-state index in [2.05, 4.69) is 10.3 Å². The Kier molecular flexibility index (Phi) is 5.00. The van der Waals surface area contributed by atoms with Crippen LogP contribution in [0.2, 0.25) is 0 Å². The van der Waals surface area contributed by atoms with Gasteiger partial charge in [-0.2, -0.15) is 0 Å². The summed E-state index contributed by atoms with van der Waals surface area (Å²) in [6, 6.07) is 16.7. The van der Waals surface area contributed by atoms with E-state index in [0.29, 0.717) is 24.6 Å². The number of nitrogens with one attached hydrogen (secondary N) is 1. The van der Waals surface area contributed by atoms with Gasteiger partial charge in [-0.25, -0.2) is 0 Å². The van der Waals surface area contributed by atoms with E-state index >= 15 is 0 Å². The molecule has 0 spiro atoms. The number of pyridine rings is 1. The Morgan fingerprint density at radius 1 is 1.19 bits per heavy atom. The molecule has 0 aliphatic carbocycles. The quantitative estimate of drug-likeness (QED) is 0.744. The minimum absolute atomic E-state index is 0.0621. The SMILES string of the molecule is NC1COCCC1Oc1cccc2cc(NC(=O)c3ccccn3)ccc12. The van der Waals surface area contributed by atoms with Crippen molar-refractivity contribution in [1.29, 1.82) is 0 Å². The number of carbonyl (C=O) groups is 1. The van der Waals surface area contributed by atoms with Crippen LogP contribution in [-0.4, -0.2) is 36.3 Å². The minimum Gasteiger partial charge on any atom is -0.488 e. The first-order valence-corrected chi connectivity index (χ1v) is 8.96. The van der Waals surface area contributed by atoms with Crippen LogP contribution >= 0.6 is 0 Å². The summed E-state index contributed by atoms with van der Waals surface area (Å²) in [6.45, 7) is 1.17. The molecule has 3 N–H and O–H groups in total. The second-order valence-electron chi connectivity index (χ2n) is 6.54. The Morgan fingerprint density at radius 3 is 2.93 bits per heavy atom. The smallest absolute Gasteiger partial charge is 0.274 e. The lowest BCUT2D eigenvalue weighted by atomic mass is 10.1. The highest BCUT2D eigenvalue weighted by molar-refractivity contribution is 6.04. The van der Waals surface area contributed by atoms with Gasteiger partial charge < -0.3 is 20.5 Å². The lowest BCUT2D eigenvalue weighted by Crippen LogP contribution is -2.46. The zero-order chi connectivity index (χ0) is 18.6. The fraction of sp³-hybridized carbons (Fsp3) is 0.238. The van der Waals surface area contributed by atoms with Crippen LogP contribution < -0.4 is 15.8 Å². The van der Waals surface area contributed by atoms with Gasteiger partial charge in [-0.1, -0.05) is 18.2 Å². The van der Waals surface area contributed by atoms with Crippen LogP contribution in [-0.2, 0) is 4.74 Å². The maximum atomic E-state index is 12.3. The molecule has 1 aliphatic rings. The van der Waals surface area contributed by atoms with Gasteiger partial charge in [0.25, 0.3) is 5.91 Å². The third-order valence-corrected chi connectivity index (χ3v) is 4.61. The molecule has 1 aromatic heterocycles. The highest BCUT2D eigenvalue weighted by Crippen LogP contribution is 2.30. The topological polar surface area (TPSA) is 86.5 Å². The highest BCUT2D eigenvalue weighted by atomic mass is 16.5. The minimum atomic E-state index is -0.240. The average Bonchev–Trinajstić information content (AvgIpc) is 2.70. The van der Waals surface area contributed by atoms with Crippen molar-refractivity contribution in [2.75, 3.05) is 18.5 Å². The second-order valence-corrected chi connectivity index (χ2v) is 6.54. The monoisotopic (exact) mass is 363 g/mol. The van der Waals surface area contributed by atoms with Crippen LogP contribution in [0, 0.1) is 0 Å². The molecule has 2 aromatic carbocycles. The molecule has 0 bridgehead atoms. The predicted octanol–water partition coefficient (Wildman–Crippen LogP) is 2.98. The lowest BCUT2D eigenvalue weighted by Gasteiger charge is -2.29. The molecular weight excluding hydrogens is 342 g/mol. The van der Waals surface area contributed by atoms with Gasteiger partial charge in [-0.3, -0.25) is 9.78 Å². The van der Waals surface area contributed by atoms with E-state index in [4.69, 9.17) is 15.2 Å². The van der Waals surface area contributed by atoms with Crippen molar-refractivity contribution < 1.29 is 14.3 Å². The Morgan fingerprint density at radius 2 is 2.11 bits per heavy atom. The average molecular weight is 363 g/mol. The summed E-state index contributed by atoms with van der Waals surface area (Å²) in [7, 11) is 0. The Balaban J connectivity index is 1.55. The van der Waals surface area contributed by atoms with E-state index in [9.17, 15) is 4.79 Å². The number of benzene rings is 2. The van der Waals surface area contributed by atoms with Crippen molar-refractivity contribution in [3.8, 4) is 5.75 Å². The van der Waals surface area contributed by atoms with E-state index in [1.165, 1.54) is 0 Å². The van der Waals surface area contributed by atoms with E-state index in [-0.39, 0.29) is 18.1 Å². The predicted molar refractivity (Wildman–Crippen MR) is 104 cm³/mol. The van der Waals surface area contributed by atoms with Crippen molar-refractivity contribution in [3.05, 3.63) is 66.5 Å². The number of ether oxygens (including phenoxy) is 2. The Bertz CT molecular complexity index is 946. The zero-order valence-corrected chi connectivity index (χ0v) is 14.8. The molecule has 6 heteroatoms. The molecule has 2 atom stereocenters. The van der Waals surface area contributed by atoms with Crippen LogP contribution in [0.5, 0.6) is 5.75 Å². The summed E-state index contributed by atoms with van der Waals surface area (Å²) in [4.78, 5) is 16.4. The number of rotatable bonds is 4. The van der Waals surface area contributed by atoms with E-state index in [1.54, 1.807) is 24.4 Å². The number of fused-ring (bicyclic) bond motifs is 1. The van der Waals surface area contributed by atoms with Crippen LogP contribution in [0.25, 0.3) is 10.8 Å². The zero-order valence-electron chi connectivity index (χ0n) is 14.8. The first kappa shape index (κ1) is 17.5. The summed E-state index contributed by atoms with van der Waals surface area (Å²) in [5.41, 5.74) is 7.19. The van der Waals surface area contributed by atoms with Gasteiger partial charge in [0, 0.05) is 23.7 Å². The summed E-state index contributed by atoms with van der Waals surface area (Å²) in [5, 5.41) is 4.84. The highest BCUT2D eigenvalue weighted by Gasteiger charge is 2.24. The number of hydrogen-bond acceptors (Lipinski definition) is 5. The van der Waals surface area contributed by atoms with Gasteiger partial charge >= 0.3 is 0 Å². The van der Waals surface area contributed by atoms with Crippen molar-refractivity contribution in [2.45, 2.75) is 18.6 Å². The summed E-state index contributed by atoms with van der Waals surface area (Å²) < 4.78 is 11.5. The molecule has 0 saturated carbocycles. The molecule has 1 saturated heterocycles. The lowest BCUT2D eigenvalue weighted by molar-refractivity contribution is 0.00905. The molecule has 4 rings (SSSR count). The van der Waals surface area contributed by atoms with Crippen LogP contribution in [0.1, 0.15) is 16.9 Å². The van der Waals surface area contributed by atoms with Crippen molar-refractivity contribution in [2.24, 2.45) is 5.73 Å². The Hall–Kier alpha value is -2.96. The van der Waals surface area contributed by atoms with Crippen molar-refractivity contribution >= 4 is 22.4 Å². The van der Waals surface area contributed by atoms with Crippen molar-refractivity contribution in [3.63, 3.8) is 0 Å². The van der Waals surface area contributed by atoms with E-state index in [0.717, 1.165) is 22.9 Å². The molecular formula is C21H21N3O3. The standard InChI is InChI=1S/C21H21N3O3/c22-17-13-26-11-9-20(17)27-19-6-3-4-14-12-15(7-8-16(14)19)24-21(25)18-5-1-2-10-23-18/h1-8,10,12,17,20H,9,11,13,22H2,(H,24,25). The van der Waals surface area contributed by atoms with Gasteiger partial charge in [-0.15, -0.1) is 0 Å². The molecule has 2 unspecified atom stereocenters. The number of nitrogens with zero attached hydrogens (tertiary/aromatic N) is 1. The van der Waals surface area contributed by atoms with E-state index in [1.807, 2.05) is 36.4 Å². The molecule has 138 valence electrons. The second kappa shape index (κ2) is 7.73. The molecule has 2 heterocycles. The maximum absolute atomic E-state index is 12.3. The molecule has 1 fully saturated rings. The first-order chi connectivity index (χ1) is 13.2. The normalized spacial score (nSPS) is 19.6. The van der Waals surface area contributed by atoms with Crippen LogP contribution in [0.4, 0.5) is 5.69 Å². The number of nitrogens with two attached hydrogens (primary N) is 1. The fourth-order valence-corrected chi connectivity index (χ4v) is 3.18. The number of anilines is 1. The summed E-state index contributed by atoms with van der Waals surface area (Å²) >= 11 is 0. The van der Waals surface area contributed by atoms with Gasteiger partial charge in [0.05, 0.1) is 19.3 Å². The molecule has 1 amide bonds. The molecule has 3 aromatic rings. The number of hydrogen-bond donors (Lipinski definition) is 2. The van der Waals surface area contributed by atoms with Crippen LogP contribution in [0.3, 0.4) is 0 Å². The molecule has 1 aliphatic heterocycles. The first-order valence-electron chi connectivity index (χ1n) is 8.96. The number of amides is 1. The summed E-state index contributed by atoms with van der Waals surface area (Å²) in [6.07, 6.45) is 2.31. The third-order valence-electron chi connectivity index (χ3n) is 4.61. The Labute approximate surface area is 157 Å². The number of carbonyl (C=O) groups excluding carboxylic acids is 1. The van der Waals surface area contributed by atoms with E-state index < -0.39 is 0 Å². The molecule has 0 radical (unpaired) electrons. The summed E-state index contributed by atoms with van der Waals surface area (Å²) in [5.74, 6) is 0.549. The van der Waals surface area contributed by atoms with Gasteiger partial charge in [0.1, 0.15) is 17.5 Å². The maximum Gasteiger partial charge on any atom is 0.274 e. The largest absolute Gasteiger partial charge is 0.488 e. The third kappa shape index (κ3) is 3.92. The molecule has 27 heavy (non-hydrogen) atoms. The van der Waals surface area contributed by atoms with Crippen LogP contribution in [0.15, 0.2) is 60.8 Å². The van der Waals surface area contributed by atoms with Gasteiger partial charge in [-0.05, 0) is 41.8 Å².